The number of carbonyl (C=O) groups is 1. The van der Waals surface area contributed by atoms with E-state index >= 15 is 0 Å². The van der Waals surface area contributed by atoms with Gasteiger partial charge in [0, 0.05) is 5.92 Å². The third kappa shape index (κ3) is 1.97. The average Bonchev–Trinajstić information content (AvgIpc) is 2.52. The molecule has 1 aliphatic rings. The Morgan fingerprint density at radius 3 is 2.38 bits per heavy atom. The first-order chi connectivity index (χ1) is 7.53. The molecule has 2 rings (SSSR count). The highest BCUT2D eigenvalue weighted by molar-refractivity contribution is 5.74. The topological polar surface area (TPSA) is 26.3 Å². The van der Waals surface area contributed by atoms with E-state index in [1.165, 1.54) is 11.1 Å². The lowest BCUT2D eigenvalue weighted by Crippen LogP contribution is -2.25. The molecule has 2 nitrogen and oxygen atoms in total. The molecule has 1 heterocycles. The van der Waals surface area contributed by atoms with Crippen LogP contribution in [0.3, 0.4) is 0 Å². The highest BCUT2D eigenvalue weighted by atomic mass is 16.6. The summed E-state index contributed by atoms with van der Waals surface area (Å²) in [4.78, 5) is 11.3. The minimum atomic E-state index is -0.370. The van der Waals surface area contributed by atoms with Crippen molar-refractivity contribution >= 4 is 5.97 Å². The molecule has 0 bridgehead atoms. The number of cyclic esters (lactones) is 1. The number of hydrogen-bond acceptors (Lipinski definition) is 2. The van der Waals surface area contributed by atoms with E-state index in [4.69, 9.17) is 4.74 Å². The average molecular weight is 218 g/mol. The summed E-state index contributed by atoms with van der Waals surface area (Å²) in [7, 11) is 0. The Labute approximate surface area is 96.6 Å². The summed E-state index contributed by atoms with van der Waals surface area (Å²) in [5.74, 6) is 0.0977. The second-order valence-corrected chi connectivity index (χ2v) is 4.93. The van der Waals surface area contributed by atoms with Crippen LogP contribution in [0.2, 0.25) is 0 Å². The first-order valence-electron chi connectivity index (χ1n) is 5.83. The highest BCUT2D eigenvalue weighted by Gasteiger charge is 2.42. The van der Waals surface area contributed by atoms with Gasteiger partial charge < -0.3 is 4.74 Å². The van der Waals surface area contributed by atoms with Gasteiger partial charge >= 0.3 is 5.97 Å². The van der Waals surface area contributed by atoms with E-state index in [0.29, 0.717) is 6.42 Å². The number of aryl methyl sites for hydroxylation is 1. The number of carbonyl (C=O) groups excluding carboxylic acids is 1. The Morgan fingerprint density at radius 2 is 1.94 bits per heavy atom. The van der Waals surface area contributed by atoms with Crippen LogP contribution in [0.15, 0.2) is 24.3 Å². The normalized spacial score (nSPS) is 23.2. The predicted molar refractivity (Wildman–Crippen MR) is 63.3 cm³/mol. The second-order valence-electron chi connectivity index (χ2n) is 4.93. The number of esters is 1. The number of hydrogen-bond donors (Lipinski definition) is 0. The quantitative estimate of drug-likeness (QED) is 0.713. The van der Waals surface area contributed by atoms with Crippen LogP contribution in [-0.4, -0.2) is 11.6 Å². The van der Waals surface area contributed by atoms with E-state index < -0.39 is 0 Å². The van der Waals surface area contributed by atoms with E-state index in [0.717, 1.165) is 6.42 Å². The van der Waals surface area contributed by atoms with Crippen LogP contribution in [0.25, 0.3) is 0 Å². The van der Waals surface area contributed by atoms with Gasteiger partial charge in [-0.2, -0.15) is 0 Å². The van der Waals surface area contributed by atoms with Crippen molar-refractivity contribution in [1.29, 1.82) is 0 Å². The van der Waals surface area contributed by atoms with Crippen molar-refractivity contribution in [3.05, 3.63) is 35.4 Å². The van der Waals surface area contributed by atoms with Crippen molar-refractivity contribution in [1.82, 2.24) is 0 Å². The van der Waals surface area contributed by atoms with Crippen molar-refractivity contribution in [2.45, 2.75) is 45.1 Å². The molecule has 0 aromatic heterocycles. The molecule has 0 radical (unpaired) electrons. The molecule has 1 aromatic carbocycles. The molecule has 0 N–H and O–H groups in total. The van der Waals surface area contributed by atoms with Gasteiger partial charge in [0.05, 0.1) is 6.42 Å². The van der Waals surface area contributed by atoms with Gasteiger partial charge in [0.25, 0.3) is 0 Å². The van der Waals surface area contributed by atoms with Gasteiger partial charge in [-0.3, -0.25) is 4.79 Å². The third-order valence-electron chi connectivity index (χ3n) is 3.38. The monoisotopic (exact) mass is 218 g/mol. The Bertz CT molecular complexity index is 390. The fourth-order valence-corrected chi connectivity index (χ4v) is 2.32. The summed E-state index contributed by atoms with van der Waals surface area (Å²) in [6.07, 6.45) is 1.54. The second kappa shape index (κ2) is 3.93. The van der Waals surface area contributed by atoms with Gasteiger partial charge in [-0.15, -0.1) is 0 Å². The van der Waals surface area contributed by atoms with Gasteiger partial charge in [0.15, 0.2) is 0 Å². The summed E-state index contributed by atoms with van der Waals surface area (Å²) in [6, 6.07) is 8.50. The van der Waals surface area contributed by atoms with Crippen molar-refractivity contribution in [3.8, 4) is 0 Å². The Kier molecular flexibility index (Phi) is 2.75. The Balaban J connectivity index is 2.26. The molecular formula is C14H18O2. The van der Waals surface area contributed by atoms with Crippen LogP contribution in [0.1, 0.15) is 44.2 Å². The van der Waals surface area contributed by atoms with Gasteiger partial charge in [0.1, 0.15) is 5.60 Å². The minimum absolute atomic E-state index is 0.0884. The smallest absolute Gasteiger partial charge is 0.307 e. The highest BCUT2D eigenvalue weighted by Crippen LogP contribution is 2.40. The van der Waals surface area contributed by atoms with E-state index in [1.807, 2.05) is 13.8 Å². The van der Waals surface area contributed by atoms with Crippen LogP contribution >= 0.6 is 0 Å². The third-order valence-corrected chi connectivity index (χ3v) is 3.38. The lowest BCUT2D eigenvalue weighted by atomic mass is 9.84. The van der Waals surface area contributed by atoms with Gasteiger partial charge in [-0.25, -0.2) is 0 Å². The van der Waals surface area contributed by atoms with Crippen molar-refractivity contribution in [2.24, 2.45) is 0 Å². The Hall–Kier alpha value is -1.31. The van der Waals surface area contributed by atoms with Gasteiger partial charge in [0.2, 0.25) is 0 Å². The molecule has 0 saturated carbocycles. The van der Waals surface area contributed by atoms with Crippen LogP contribution in [0.5, 0.6) is 0 Å². The standard InChI is InChI=1S/C14H18O2/c1-4-10-5-7-11(8-6-10)12-9-13(15)16-14(12,2)3/h5-8,12H,4,9H2,1-3H3. The molecule has 1 aliphatic heterocycles. The fourth-order valence-electron chi connectivity index (χ4n) is 2.32. The predicted octanol–water partition coefficient (Wildman–Crippen LogP) is 3.06. The largest absolute Gasteiger partial charge is 0.459 e. The minimum Gasteiger partial charge on any atom is -0.459 e. The molecular weight excluding hydrogens is 200 g/mol. The molecule has 0 amide bonds. The Morgan fingerprint density at radius 1 is 1.31 bits per heavy atom. The van der Waals surface area contributed by atoms with Crippen LogP contribution in [-0.2, 0) is 16.0 Å². The first kappa shape index (κ1) is 11.2. The van der Waals surface area contributed by atoms with Crippen LogP contribution < -0.4 is 0 Å². The van der Waals surface area contributed by atoms with Gasteiger partial charge in [-0.1, -0.05) is 31.2 Å². The molecule has 1 unspecified atom stereocenters. The molecule has 16 heavy (non-hydrogen) atoms. The van der Waals surface area contributed by atoms with Crippen molar-refractivity contribution < 1.29 is 9.53 Å². The molecule has 2 heteroatoms. The van der Waals surface area contributed by atoms with E-state index in [-0.39, 0.29) is 17.5 Å². The maximum absolute atomic E-state index is 11.3. The summed E-state index contributed by atoms with van der Waals surface area (Å²) >= 11 is 0. The zero-order valence-corrected chi connectivity index (χ0v) is 10.1. The maximum atomic E-state index is 11.3. The molecule has 0 spiro atoms. The van der Waals surface area contributed by atoms with Crippen LogP contribution in [0.4, 0.5) is 0 Å². The molecule has 0 aliphatic carbocycles. The number of rotatable bonds is 2. The fraction of sp³-hybridized carbons (Fsp3) is 0.500. The zero-order chi connectivity index (χ0) is 11.8. The SMILES string of the molecule is CCc1ccc(C2CC(=O)OC2(C)C)cc1. The lowest BCUT2D eigenvalue weighted by molar-refractivity contribution is -0.146. The summed E-state index contributed by atoms with van der Waals surface area (Å²) in [5.41, 5.74) is 2.16. The maximum Gasteiger partial charge on any atom is 0.307 e. The van der Waals surface area contributed by atoms with Crippen LogP contribution in [0, 0.1) is 0 Å². The summed E-state index contributed by atoms with van der Waals surface area (Å²) in [5, 5.41) is 0. The molecule has 1 aromatic rings. The van der Waals surface area contributed by atoms with E-state index in [2.05, 4.69) is 31.2 Å². The van der Waals surface area contributed by atoms with E-state index in [9.17, 15) is 4.79 Å². The van der Waals surface area contributed by atoms with Gasteiger partial charge in [-0.05, 0) is 31.4 Å². The molecule has 86 valence electrons. The molecule has 1 saturated heterocycles. The summed E-state index contributed by atoms with van der Waals surface area (Å²) < 4.78 is 5.33. The number of ether oxygens (including phenoxy) is 1. The molecule has 1 atom stereocenters. The lowest BCUT2D eigenvalue weighted by Gasteiger charge is -2.25. The first-order valence-corrected chi connectivity index (χ1v) is 5.83. The van der Waals surface area contributed by atoms with E-state index in [1.54, 1.807) is 0 Å². The summed E-state index contributed by atoms with van der Waals surface area (Å²) in [6.45, 7) is 6.10. The van der Waals surface area contributed by atoms with Crippen molar-refractivity contribution in [2.75, 3.05) is 0 Å². The number of benzene rings is 1. The zero-order valence-electron chi connectivity index (χ0n) is 10.1. The molecule has 1 fully saturated rings. The van der Waals surface area contributed by atoms with Crippen molar-refractivity contribution in [3.63, 3.8) is 0 Å².